The molecule has 1 amide bonds. The van der Waals surface area contributed by atoms with Crippen LogP contribution in [0.25, 0.3) is 16.7 Å². The lowest BCUT2D eigenvalue weighted by Gasteiger charge is -2.11. The molecule has 0 saturated carbocycles. The van der Waals surface area contributed by atoms with Crippen molar-refractivity contribution in [1.82, 2.24) is 14.8 Å². The number of carbonyl (C=O) groups excluding carboxylic acids is 1. The number of benzene rings is 1. The van der Waals surface area contributed by atoms with Crippen LogP contribution in [-0.4, -0.2) is 27.8 Å². The van der Waals surface area contributed by atoms with E-state index in [0.29, 0.717) is 11.4 Å². The molecule has 3 rings (SSSR count). The average Bonchev–Trinajstić information content (AvgIpc) is 2.91. The summed E-state index contributed by atoms with van der Waals surface area (Å²) >= 11 is 0. The van der Waals surface area contributed by atoms with E-state index >= 15 is 0 Å². The third-order valence-corrected chi connectivity index (χ3v) is 3.07. The number of rotatable bonds is 3. The number of hydrogen-bond acceptors (Lipinski definition) is 4. The van der Waals surface area contributed by atoms with E-state index in [1.165, 1.54) is 6.92 Å². The van der Waals surface area contributed by atoms with Crippen molar-refractivity contribution in [3.63, 3.8) is 0 Å². The lowest BCUT2D eigenvalue weighted by molar-refractivity contribution is -0.114. The van der Waals surface area contributed by atoms with Gasteiger partial charge in [-0.2, -0.15) is 5.10 Å². The van der Waals surface area contributed by atoms with E-state index in [4.69, 9.17) is 4.74 Å². The third kappa shape index (κ3) is 2.43. The molecular weight excluding hydrogens is 268 g/mol. The van der Waals surface area contributed by atoms with Crippen LogP contribution < -0.4 is 10.1 Å². The fraction of sp³-hybridized carbons (Fsp3) is 0.133. The second-order valence-electron chi connectivity index (χ2n) is 4.54. The quantitative estimate of drug-likeness (QED) is 0.800. The molecule has 21 heavy (non-hydrogen) atoms. The van der Waals surface area contributed by atoms with Crippen LogP contribution >= 0.6 is 0 Å². The first kappa shape index (κ1) is 13.1. The zero-order chi connectivity index (χ0) is 14.8. The predicted octanol–water partition coefficient (Wildman–Crippen LogP) is 2.39. The molecule has 0 saturated heterocycles. The second-order valence-corrected chi connectivity index (χ2v) is 4.54. The van der Waals surface area contributed by atoms with Gasteiger partial charge in [0.25, 0.3) is 0 Å². The maximum Gasteiger partial charge on any atom is 0.221 e. The first-order chi connectivity index (χ1) is 10.2. The van der Waals surface area contributed by atoms with Crippen molar-refractivity contribution < 1.29 is 9.53 Å². The van der Waals surface area contributed by atoms with Crippen molar-refractivity contribution in [3.05, 3.63) is 42.7 Å². The summed E-state index contributed by atoms with van der Waals surface area (Å²) in [7, 11) is 1.56. The van der Waals surface area contributed by atoms with Gasteiger partial charge in [0.05, 0.1) is 24.7 Å². The van der Waals surface area contributed by atoms with Gasteiger partial charge in [0.2, 0.25) is 5.91 Å². The lowest BCUT2D eigenvalue weighted by Crippen LogP contribution is -2.08. The number of amides is 1. The standard InChI is InChI=1S/C15H14N4O2/c1-10(20)18-13-6-5-12(8-14(13)21-2)19-15-11(9-17-19)4-3-7-16-15/h3-9H,1-2H3,(H,18,20). The Hall–Kier alpha value is -2.89. The Morgan fingerprint density at radius 1 is 1.33 bits per heavy atom. The molecule has 0 bridgehead atoms. The molecule has 0 aliphatic carbocycles. The van der Waals surface area contributed by atoms with Gasteiger partial charge in [0.1, 0.15) is 5.75 Å². The van der Waals surface area contributed by atoms with Gasteiger partial charge in [0.15, 0.2) is 5.65 Å². The van der Waals surface area contributed by atoms with Gasteiger partial charge in [-0.25, -0.2) is 9.67 Å². The Morgan fingerprint density at radius 3 is 2.95 bits per heavy atom. The fourth-order valence-electron chi connectivity index (χ4n) is 2.16. The molecule has 106 valence electrons. The normalized spacial score (nSPS) is 10.6. The third-order valence-electron chi connectivity index (χ3n) is 3.07. The van der Waals surface area contributed by atoms with Crippen molar-refractivity contribution >= 4 is 22.6 Å². The van der Waals surface area contributed by atoms with Crippen molar-refractivity contribution in [1.29, 1.82) is 0 Å². The molecule has 1 N–H and O–H groups in total. The van der Waals surface area contributed by atoms with Gasteiger partial charge >= 0.3 is 0 Å². The monoisotopic (exact) mass is 282 g/mol. The molecule has 3 aromatic rings. The Morgan fingerprint density at radius 2 is 2.19 bits per heavy atom. The first-order valence-corrected chi connectivity index (χ1v) is 6.44. The van der Waals surface area contributed by atoms with Crippen LogP contribution in [0.15, 0.2) is 42.7 Å². The van der Waals surface area contributed by atoms with Gasteiger partial charge in [-0.05, 0) is 24.3 Å². The average molecular weight is 282 g/mol. The Kier molecular flexibility index (Phi) is 3.27. The summed E-state index contributed by atoms with van der Waals surface area (Å²) in [5.74, 6) is 0.425. The zero-order valence-corrected chi connectivity index (χ0v) is 11.7. The van der Waals surface area contributed by atoms with Crippen LogP contribution in [0.4, 0.5) is 5.69 Å². The number of nitrogens with zero attached hydrogens (tertiary/aromatic N) is 3. The van der Waals surface area contributed by atoms with Gasteiger partial charge in [0, 0.05) is 24.6 Å². The van der Waals surface area contributed by atoms with Crippen molar-refractivity contribution in [3.8, 4) is 11.4 Å². The topological polar surface area (TPSA) is 69.0 Å². The summed E-state index contributed by atoms with van der Waals surface area (Å²) in [5.41, 5.74) is 2.21. The maximum atomic E-state index is 11.2. The van der Waals surface area contributed by atoms with Crippen LogP contribution in [0.5, 0.6) is 5.75 Å². The molecule has 0 spiro atoms. The molecule has 0 unspecified atom stereocenters. The smallest absolute Gasteiger partial charge is 0.221 e. The number of carbonyl (C=O) groups is 1. The number of nitrogens with one attached hydrogen (secondary N) is 1. The fourth-order valence-corrected chi connectivity index (χ4v) is 2.16. The van der Waals surface area contributed by atoms with E-state index in [-0.39, 0.29) is 5.91 Å². The highest BCUT2D eigenvalue weighted by atomic mass is 16.5. The van der Waals surface area contributed by atoms with Crippen molar-refractivity contribution in [2.45, 2.75) is 6.92 Å². The number of aromatic nitrogens is 3. The summed E-state index contributed by atoms with van der Waals surface area (Å²) in [6.45, 7) is 1.46. The molecule has 6 heteroatoms. The first-order valence-electron chi connectivity index (χ1n) is 6.44. The molecule has 2 heterocycles. The maximum absolute atomic E-state index is 11.2. The van der Waals surface area contributed by atoms with Crippen LogP contribution in [0.1, 0.15) is 6.92 Å². The minimum atomic E-state index is -0.146. The molecule has 0 aliphatic heterocycles. The summed E-state index contributed by atoms with van der Waals surface area (Å²) in [6.07, 6.45) is 3.49. The minimum Gasteiger partial charge on any atom is -0.494 e. The number of hydrogen-bond donors (Lipinski definition) is 1. The lowest BCUT2D eigenvalue weighted by atomic mass is 10.2. The highest BCUT2D eigenvalue weighted by molar-refractivity contribution is 5.90. The number of anilines is 1. The summed E-state index contributed by atoms with van der Waals surface area (Å²) < 4.78 is 7.05. The van der Waals surface area contributed by atoms with Gasteiger partial charge in [-0.3, -0.25) is 4.79 Å². The molecule has 0 atom stereocenters. The Bertz CT molecular complexity index is 810. The molecule has 6 nitrogen and oxygen atoms in total. The van der Waals surface area contributed by atoms with Crippen LogP contribution in [0.3, 0.4) is 0 Å². The van der Waals surface area contributed by atoms with E-state index in [2.05, 4.69) is 15.4 Å². The van der Waals surface area contributed by atoms with E-state index in [9.17, 15) is 4.79 Å². The van der Waals surface area contributed by atoms with E-state index in [0.717, 1.165) is 16.7 Å². The largest absolute Gasteiger partial charge is 0.494 e. The number of methoxy groups -OCH3 is 1. The number of fused-ring (bicyclic) bond motifs is 1. The van der Waals surface area contributed by atoms with Crippen LogP contribution in [0, 0.1) is 0 Å². The summed E-state index contributed by atoms with van der Waals surface area (Å²) in [6, 6.07) is 9.27. The SMILES string of the molecule is COc1cc(-n2ncc3cccnc32)ccc1NC(C)=O. The van der Waals surface area contributed by atoms with Crippen LogP contribution in [0.2, 0.25) is 0 Å². The van der Waals surface area contributed by atoms with E-state index in [1.807, 2.05) is 24.3 Å². The van der Waals surface area contributed by atoms with Gasteiger partial charge in [-0.15, -0.1) is 0 Å². The Labute approximate surface area is 121 Å². The van der Waals surface area contributed by atoms with Crippen molar-refractivity contribution in [2.24, 2.45) is 0 Å². The highest BCUT2D eigenvalue weighted by Crippen LogP contribution is 2.28. The van der Waals surface area contributed by atoms with Gasteiger partial charge < -0.3 is 10.1 Å². The van der Waals surface area contributed by atoms with E-state index < -0.39 is 0 Å². The zero-order valence-electron chi connectivity index (χ0n) is 11.7. The summed E-state index contributed by atoms with van der Waals surface area (Å²) in [5, 5.41) is 8.03. The van der Waals surface area contributed by atoms with Gasteiger partial charge in [-0.1, -0.05) is 0 Å². The summed E-state index contributed by atoms with van der Waals surface area (Å²) in [4.78, 5) is 15.5. The molecule has 1 aromatic carbocycles. The number of pyridine rings is 1. The molecule has 0 radical (unpaired) electrons. The second kappa shape index (κ2) is 5.24. The molecule has 2 aromatic heterocycles. The highest BCUT2D eigenvalue weighted by Gasteiger charge is 2.10. The molecular formula is C15H14N4O2. The van der Waals surface area contributed by atoms with Crippen molar-refractivity contribution in [2.75, 3.05) is 12.4 Å². The minimum absolute atomic E-state index is 0.146. The van der Waals surface area contributed by atoms with E-state index in [1.54, 1.807) is 30.3 Å². The molecule has 0 aliphatic rings. The predicted molar refractivity (Wildman–Crippen MR) is 79.7 cm³/mol. The Balaban J connectivity index is 2.09. The number of ether oxygens (including phenoxy) is 1. The molecule has 0 fully saturated rings. The van der Waals surface area contributed by atoms with Crippen LogP contribution in [-0.2, 0) is 4.79 Å².